The van der Waals surface area contributed by atoms with Crippen molar-refractivity contribution in [3.63, 3.8) is 0 Å². The quantitative estimate of drug-likeness (QED) is 0.654. The van der Waals surface area contributed by atoms with Gasteiger partial charge < -0.3 is 0 Å². The van der Waals surface area contributed by atoms with Crippen LogP contribution in [0.1, 0.15) is 0 Å². The van der Waals surface area contributed by atoms with Gasteiger partial charge in [0.1, 0.15) is 5.82 Å². The van der Waals surface area contributed by atoms with Crippen molar-refractivity contribution >= 4 is 31.4 Å². The lowest BCUT2D eigenvalue weighted by Crippen LogP contribution is -2.14. The second-order valence-electron chi connectivity index (χ2n) is 5.43. The normalized spacial score (nSPS) is 11.7. The van der Waals surface area contributed by atoms with E-state index in [4.69, 9.17) is 0 Å². The number of benzene rings is 2. The summed E-state index contributed by atoms with van der Waals surface area (Å²) in [6.45, 7) is 0. The first-order chi connectivity index (χ1) is 12.8. The molecule has 0 spiro atoms. The molecule has 0 fully saturated rings. The predicted molar refractivity (Wildman–Crippen MR) is 98.7 cm³/mol. The Bertz CT molecular complexity index is 1130. The second kappa shape index (κ2) is 7.33. The van der Waals surface area contributed by atoms with Gasteiger partial charge in [-0.25, -0.2) is 21.2 Å². The highest BCUT2D eigenvalue weighted by Crippen LogP contribution is 2.20. The Labute approximate surface area is 156 Å². The molecule has 1 aromatic heterocycles. The molecule has 0 atom stereocenters. The molecule has 0 saturated carbocycles. The van der Waals surface area contributed by atoms with Gasteiger partial charge in [-0.05, 0) is 60.7 Å². The molecule has 0 saturated heterocycles. The highest BCUT2D eigenvalue weighted by atomic mass is 32.2. The van der Waals surface area contributed by atoms with E-state index in [1.54, 1.807) is 12.1 Å². The molecule has 7 nitrogen and oxygen atoms in total. The van der Waals surface area contributed by atoms with Crippen molar-refractivity contribution in [1.29, 1.82) is 0 Å². The molecule has 0 amide bonds. The summed E-state index contributed by atoms with van der Waals surface area (Å²) in [5, 5.41) is 0. The number of nitrogens with one attached hydrogen (secondary N) is 2. The summed E-state index contributed by atoms with van der Waals surface area (Å²) >= 11 is 0. The van der Waals surface area contributed by atoms with Crippen LogP contribution in [0, 0.1) is 5.82 Å². The zero-order valence-electron chi connectivity index (χ0n) is 13.7. The van der Waals surface area contributed by atoms with Gasteiger partial charge in [0.05, 0.1) is 21.7 Å². The lowest BCUT2D eigenvalue weighted by Gasteiger charge is -2.10. The third-order valence-corrected chi connectivity index (χ3v) is 6.25. The molecule has 0 aliphatic rings. The molecule has 27 heavy (non-hydrogen) atoms. The van der Waals surface area contributed by atoms with Crippen molar-refractivity contribution in [3.05, 3.63) is 78.9 Å². The highest BCUT2D eigenvalue weighted by molar-refractivity contribution is 7.93. The topological polar surface area (TPSA) is 105 Å². The smallest absolute Gasteiger partial charge is 0.261 e. The zero-order valence-corrected chi connectivity index (χ0v) is 15.3. The van der Waals surface area contributed by atoms with Crippen molar-refractivity contribution < 1.29 is 21.2 Å². The number of hydrogen-bond donors (Lipinski definition) is 2. The number of rotatable bonds is 6. The summed E-state index contributed by atoms with van der Waals surface area (Å²) in [5.74, 6) is -0.551. The van der Waals surface area contributed by atoms with Gasteiger partial charge in [-0.2, -0.15) is 0 Å². The summed E-state index contributed by atoms with van der Waals surface area (Å²) < 4.78 is 66.8. The van der Waals surface area contributed by atoms with Gasteiger partial charge in [-0.3, -0.25) is 14.4 Å². The van der Waals surface area contributed by atoms with Crippen molar-refractivity contribution in [1.82, 2.24) is 4.98 Å². The number of nitrogens with zero attached hydrogens (tertiary/aromatic N) is 1. The fourth-order valence-electron chi connectivity index (χ4n) is 2.17. The monoisotopic (exact) mass is 407 g/mol. The number of aromatic nitrogens is 1. The molecule has 0 unspecified atom stereocenters. The van der Waals surface area contributed by atoms with Gasteiger partial charge in [-0.15, -0.1) is 0 Å². The van der Waals surface area contributed by atoms with E-state index in [1.165, 1.54) is 36.7 Å². The molecule has 2 N–H and O–H groups in total. The van der Waals surface area contributed by atoms with Gasteiger partial charge in [0.2, 0.25) is 0 Å². The van der Waals surface area contributed by atoms with E-state index in [0.717, 1.165) is 24.3 Å². The maximum atomic E-state index is 12.9. The summed E-state index contributed by atoms with van der Waals surface area (Å²) in [6, 6.07) is 12.6. The number of pyridine rings is 1. The van der Waals surface area contributed by atoms with Crippen LogP contribution in [0.5, 0.6) is 0 Å². The molecule has 0 aliphatic heterocycles. The summed E-state index contributed by atoms with van der Waals surface area (Å²) in [4.78, 5) is 3.67. The van der Waals surface area contributed by atoms with E-state index >= 15 is 0 Å². The van der Waals surface area contributed by atoms with Crippen LogP contribution in [0.2, 0.25) is 0 Å². The van der Waals surface area contributed by atoms with E-state index in [2.05, 4.69) is 14.4 Å². The van der Waals surface area contributed by atoms with Gasteiger partial charge >= 0.3 is 0 Å². The Morgan fingerprint density at radius 1 is 0.704 bits per heavy atom. The lowest BCUT2D eigenvalue weighted by atomic mass is 10.3. The molecule has 2 aromatic carbocycles. The van der Waals surface area contributed by atoms with Crippen LogP contribution in [0.4, 0.5) is 15.8 Å². The first-order valence-corrected chi connectivity index (χ1v) is 10.5. The molecule has 0 aliphatic carbocycles. The van der Waals surface area contributed by atoms with Crippen molar-refractivity contribution in [2.45, 2.75) is 9.79 Å². The zero-order chi connectivity index (χ0) is 19.5. The molecule has 0 radical (unpaired) electrons. The number of halogens is 1. The molecule has 140 valence electrons. The molecule has 3 aromatic rings. The lowest BCUT2D eigenvalue weighted by molar-refractivity contribution is 0.599. The maximum Gasteiger partial charge on any atom is 0.261 e. The van der Waals surface area contributed by atoms with Crippen LogP contribution in [-0.4, -0.2) is 21.8 Å². The van der Waals surface area contributed by atoms with Crippen molar-refractivity contribution in [2.24, 2.45) is 0 Å². The predicted octanol–water partition coefficient (Wildman–Crippen LogP) is 2.82. The molecular weight excluding hydrogens is 393 g/mol. The standard InChI is InChI=1S/C17H14FN3O4S2/c18-13-3-7-16(8-4-13)26(22,23)20-14-5-9-17(10-6-14)27(24,25)21-15-2-1-11-19-12-15/h1-12,20-21H. The van der Waals surface area contributed by atoms with Crippen LogP contribution in [-0.2, 0) is 20.0 Å². The molecule has 0 bridgehead atoms. The van der Waals surface area contributed by atoms with E-state index in [1.807, 2.05) is 0 Å². The summed E-state index contributed by atoms with van der Waals surface area (Å²) in [5.41, 5.74) is 0.471. The third-order valence-electron chi connectivity index (χ3n) is 3.45. The van der Waals surface area contributed by atoms with Crippen LogP contribution < -0.4 is 9.44 Å². The third kappa shape index (κ3) is 4.60. The molecule has 1 heterocycles. The van der Waals surface area contributed by atoms with Crippen LogP contribution in [0.15, 0.2) is 82.8 Å². The molecular formula is C17H14FN3O4S2. The van der Waals surface area contributed by atoms with E-state index in [9.17, 15) is 21.2 Å². The molecule has 3 rings (SSSR count). The average Bonchev–Trinajstić information content (AvgIpc) is 2.63. The van der Waals surface area contributed by atoms with E-state index in [-0.39, 0.29) is 15.5 Å². The van der Waals surface area contributed by atoms with Crippen molar-refractivity contribution in [3.8, 4) is 0 Å². The van der Waals surface area contributed by atoms with Crippen LogP contribution in [0.3, 0.4) is 0 Å². The number of anilines is 2. The summed E-state index contributed by atoms with van der Waals surface area (Å²) in [6.07, 6.45) is 2.88. The van der Waals surface area contributed by atoms with Gasteiger partial charge in [-0.1, -0.05) is 0 Å². The van der Waals surface area contributed by atoms with E-state index < -0.39 is 25.9 Å². The minimum atomic E-state index is -3.92. The van der Waals surface area contributed by atoms with Crippen LogP contribution >= 0.6 is 0 Å². The highest BCUT2D eigenvalue weighted by Gasteiger charge is 2.17. The maximum absolute atomic E-state index is 12.9. The Hall–Kier alpha value is -2.98. The van der Waals surface area contributed by atoms with Gasteiger partial charge in [0.15, 0.2) is 0 Å². The Balaban J connectivity index is 1.78. The number of hydrogen-bond acceptors (Lipinski definition) is 5. The van der Waals surface area contributed by atoms with Gasteiger partial charge in [0, 0.05) is 11.9 Å². The fourth-order valence-corrected chi connectivity index (χ4v) is 4.27. The van der Waals surface area contributed by atoms with Crippen LogP contribution in [0.25, 0.3) is 0 Å². The first-order valence-electron chi connectivity index (χ1n) is 7.58. The Kier molecular flexibility index (Phi) is 5.10. The number of sulfonamides is 2. The second-order valence-corrected chi connectivity index (χ2v) is 8.80. The molecule has 10 heteroatoms. The minimum Gasteiger partial charge on any atom is -0.280 e. The minimum absolute atomic E-state index is 0.0453. The largest absolute Gasteiger partial charge is 0.280 e. The first kappa shape index (κ1) is 18.8. The van der Waals surface area contributed by atoms with Crippen molar-refractivity contribution in [2.75, 3.05) is 9.44 Å². The fraction of sp³-hybridized carbons (Fsp3) is 0. The summed E-state index contributed by atoms with van der Waals surface area (Å²) in [7, 11) is -7.76. The SMILES string of the molecule is O=S(=O)(Nc1ccc(S(=O)(=O)Nc2cccnc2)cc1)c1ccc(F)cc1. The van der Waals surface area contributed by atoms with Gasteiger partial charge in [0.25, 0.3) is 20.0 Å². The Morgan fingerprint density at radius 3 is 1.74 bits per heavy atom. The average molecular weight is 407 g/mol. The van der Waals surface area contributed by atoms with E-state index in [0.29, 0.717) is 5.69 Å². The Morgan fingerprint density at radius 2 is 1.22 bits per heavy atom.